The van der Waals surface area contributed by atoms with E-state index < -0.39 is 29.0 Å². The molecule has 0 unspecified atom stereocenters. The molecule has 4 amide bonds. The molecule has 2 heterocycles. The van der Waals surface area contributed by atoms with Crippen LogP contribution in [0.2, 0.25) is 0 Å². The lowest BCUT2D eigenvalue weighted by Crippen LogP contribution is -2.29. The molecule has 10 nitrogen and oxygen atoms in total. The summed E-state index contributed by atoms with van der Waals surface area (Å²) in [6, 6.07) is 56.7. The SMILES string of the molecule is CC(C)(c1ccc(Oc2ccc3c(c2)C(=O)N(c2ccc(C=CC(=O)c4ccccc4)cc2)C3=O)cc1)c1ccc(Oc2ccc3c(c2)C(=O)N(c2ccc(C=CC(=O)c4ccccc4)cc2)C3=O)cc1. The quantitative estimate of drug-likeness (QED) is 0.0599. The first-order valence-corrected chi connectivity index (χ1v) is 22.8. The predicted molar refractivity (Wildman–Crippen MR) is 273 cm³/mol. The fraction of sp³-hybridized carbons (Fsp3) is 0.0492. The summed E-state index contributed by atoms with van der Waals surface area (Å²) in [5, 5.41) is 0. The van der Waals surface area contributed by atoms with Crippen molar-refractivity contribution in [3.63, 3.8) is 0 Å². The number of ether oxygens (including phenoxy) is 2. The Balaban J connectivity index is 0.752. The summed E-state index contributed by atoms with van der Waals surface area (Å²) in [5.41, 5.74) is 6.13. The highest BCUT2D eigenvalue weighted by Crippen LogP contribution is 2.38. The molecule has 0 radical (unpaired) electrons. The molecule has 0 saturated carbocycles. The van der Waals surface area contributed by atoms with Crippen LogP contribution in [0.3, 0.4) is 0 Å². The first-order valence-electron chi connectivity index (χ1n) is 22.8. The highest BCUT2D eigenvalue weighted by Gasteiger charge is 2.38. The zero-order chi connectivity index (χ0) is 49.2. The third-order valence-corrected chi connectivity index (χ3v) is 12.6. The summed E-state index contributed by atoms with van der Waals surface area (Å²) < 4.78 is 12.4. The number of carbonyl (C=O) groups excluding carboxylic acids is 6. The van der Waals surface area contributed by atoms with Crippen LogP contribution in [0.1, 0.15) is 98.2 Å². The average molecular weight is 931 g/mol. The van der Waals surface area contributed by atoms with Gasteiger partial charge in [-0.1, -0.05) is 135 Å². The molecular formula is C61H42N2O8. The van der Waals surface area contributed by atoms with Crippen molar-refractivity contribution < 1.29 is 38.2 Å². The van der Waals surface area contributed by atoms with Gasteiger partial charge in [0.2, 0.25) is 0 Å². The Kier molecular flexibility index (Phi) is 12.0. The number of amides is 4. The van der Waals surface area contributed by atoms with Crippen LogP contribution in [0.15, 0.2) is 206 Å². The van der Waals surface area contributed by atoms with E-state index in [2.05, 4.69) is 13.8 Å². The van der Waals surface area contributed by atoms with Gasteiger partial charge in [0.1, 0.15) is 23.0 Å². The second-order valence-corrected chi connectivity index (χ2v) is 17.5. The number of hydrogen-bond acceptors (Lipinski definition) is 8. The maximum atomic E-state index is 13.6. The Morgan fingerprint density at radius 1 is 0.394 bits per heavy atom. The Morgan fingerprint density at radius 3 is 1.10 bits per heavy atom. The van der Waals surface area contributed by atoms with Gasteiger partial charge < -0.3 is 9.47 Å². The summed E-state index contributed by atoms with van der Waals surface area (Å²) in [6.45, 7) is 4.22. The number of rotatable bonds is 14. The van der Waals surface area contributed by atoms with Crippen molar-refractivity contribution in [3.05, 3.63) is 262 Å². The molecule has 71 heavy (non-hydrogen) atoms. The highest BCUT2D eigenvalue weighted by atomic mass is 16.5. The minimum atomic E-state index is -0.458. The summed E-state index contributed by atoms with van der Waals surface area (Å²) in [7, 11) is 0. The van der Waals surface area contributed by atoms with Crippen LogP contribution in [0.25, 0.3) is 12.2 Å². The Hall–Kier alpha value is -9.54. The first kappa shape index (κ1) is 45.3. The molecule has 10 heteroatoms. The van der Waals surface area contributed by atoms with Gasteiger partial charge in [-0.05, 0) is 119 Å². The van der Waals surface area contributed by atoms with Crippen LogP contribution in [0.4, 0.5) is 11.4 Å². The Bertz CT molecular complexity index is 3240. The van der Waals surface area contributed by atoms with E-state index in [1.807, 2.05) is 60.7 Å². The molecule has 0 atom stereocenters. The Labute approximate surface area is 409 Å². The lowest BCUT2D eigenvalue weighted by atomic mass is 9.78. The topological polar surface area (TPSA) is 127 Å². The zero-order valence-electron chi connectivity index (χ0n) is 38.4. The van der Waals surface area contributed by atoms with Crippen molar-refractivity contribution in [1.82, 2.24) is 0 Å². The molecule has 8 aromatic carbocycles. The van der Waals surface area contributed by atoms with Gasteiger partial charge in [0.15, 0.2) is 11.6 Å². The Morgan fingerprint density at radius 2 is 0.732 bits per heavy atom. The number of allylic oxidation sites excluding steroid dienone is 2. The van der Waals surface area contributed by atoms with Gasteiger partial charge in [0, 0.05) is 16.5 Å². The molecule has 344 valence electrons. The monoisotopic (exact) mass is 930 g/mol. The molecule has 0 bridgehead atoms. The van der Waals surface area contributed by atoms with Crippen molar-refractivity contribution in [3.8, 4) is 23.0 Å². The van der Waals surface area contributed by atoms with Gasteiger partial charge >= 0.3 is 0 Å². The van der Waals surface area contributed by atoms with Gasteiger partial charge in [0.25, 0.3) is 23.6 Å². The van der Waals surface area contributed by atoms with Crippen LogP contribution in [-0.2, 0) is 5.41 Å². The van der Waals surface area contributed by atoms with E-state index in [1.165, 1.54) is 12.2 Å². The van der Waals surface area contributed by atoms with Crippen molar-refractivity contribution >= 4 is 58.7 Å². The van der Waals surface area contributed by atoms with Crippen molar-refractivity contribution in [2.24, 2.45) is 0 Å². The van der Waals surface area contributed by atoms with Crippen molar-refractivity contribution in [2.45, 2.75) is 19.3 Å². The van der Waals surface area contributed by atoms with Crippen LogP contribution in [-0.4, -0.2) is 35.2 Å². The number of benzene rings is 8. The maximum absolute atomic E-state index is 13.6. The second kappa shape index (κ2) is 18.9. The van der Waals surface area contributed by atoms with Crippen molar-refractivity contribution in [1.29, 1.82) is 0 Å². The molecule has 0 fully saturated rings. The molecule has 2 aliphatic heterocycles. The zero-order valence-corrected chi connectivity index (χ0v) is 38.4. The minimum Gasteiger partial charge on any atom is -0.457 e. The van der Waals surface area contributed by atoms with Gasteiger partial charge in [-0.2, -0.15) is 0 Å². The van der Waals surface area contributed by atoms with E-state index in [-0.39, 0.29) is 33.8 Å². The minimum absolute atomic E-state index is 0.127. The molecule has 10 rings (SSSR count). The number of imide groups is 2. The summed E-state index contributed by atoms with van der Waals surface area (Å²) in [5.74, 6) is -0.122. The molecule has 2 aliphatic rings. The van der Waals surface area contributed by atoms with E-state index in [1.54, 1.807) is 146 Å². The van der Waals surface area contributed by atoms with Crippen LogP contribution < -0.4 is 19.3 Å². The second-order valence-electron chi connectivity index (χ2n) is 17.5. The van der Waals surface area contributed by atoms with Gasteiger partial charge in [0.05, 0.1) is 33.6 Å². The van der Waals surface area contributed by atoms with Crippen LogP contribution in [0, 0.1) is 0 Å². The van der Waals surface area contributed by atoms with E-state index >= 15 is 0 Å². The normalized spacial score (nSPS) is 13.3. The van der Waals surface area contributed by atoms with E-state index in [0.717, 1.165) is 32.1 Å². The predicted octanol–water partition coefficient (Wildman–Crippen LogP) is 13.0. The number of hydrogen-bond donors (Lipinski definition) is 0. The lowest BCUT2D eigenvalue weighted by Gasteiger charge is -2.26. The molecule has 0 saturated heterocycles. The maximum Gasteiger partial charge on any atom is 0.266 e. The fourth-order valence-electron chi connectivity index (χ4n) is 8.56. The van der Waals surface area contributed by atoms with Crippen LogP contribution in [0.5, 0.6) is 23.0 Å². The summed E-state index contributed by atoms with van der Waals surface area (Å²) in [4.78, 5) is 81.3. The number of fused-ring (bicyclic) bond motifs is 2. The number of anilines is 2. The third kappa shape index (κ3) is 9.13. The summed E-state index contributed by atoms with van der Waals surface area (Å²) in [6.07, 6.45) is 6.36. The standard InChI is InChI=1S/C61H42N2O8/c1-61(2,43-19-27-47(28-20-43)70-49-31-33-51-53(37-49)59(68)62(57(51)66)45-23-13-39(14-24-45)17-35-55(64)41-9-5-3-6-10-41)44-21-29-48(30-22-44)71-50-32-34-52-54(38-50)60(69)63(58(52)67)46-25-15-40(16-26-46)18-36-56(65)42-11-7-4-8-12-42/h3-38H,1-2H3. The van der Waals surface area contributed by atoms with E-state index in [0.29, 0.717) is 45.5 Å². The largest absolute Gasteiger partial charge is 0.457 e. The van der Waals surface area contributed by atoms with E-state index in [4.69, 9.17) is 9.47 Å². The third-order valence-electron chi connectivity index (χ3n) is 12.6. The summed E-state index contributed by atoms with van der Waals surface area (Å²) >= 11 is 0. The molecule has 0 aromatic heterocycles. The highest BCUT2D eigenvalue weighted by molar-refractivity contribution is 6.35. The first-order chi connectivity index (χ1) is 34.4. The van der Waals surface area contributed by atoms with Crippen LogP contribution >= 0.6 is 0 Å². The number of carbonyl (C=O) groups is 6. The fourth-order valence-corrected chi connectivity index (χ4v) is 8.56. The van der Waals surface area contributed by atoms with Gasteiger partial charge in [-0.15, -0.1) is 0 Å². The molecule has 0 spiro atoms. The van der Waals surface area contributed by atoms with E-state index in [9.17, 15) is 28.8 Å². The molecule has 0 aliphatic carbocycles. The van der Waals surface area contributed by atoms with Crippen molar-refractivity contribution in [2.75, 3.05) is 9.80 Å². The number of nitrogens with zero attached hydrogens (tertiary/aromatic N) is 2. The average Bonchev–Trinajstić information content (AvgIpc) is 3.80. The van der Waals surface area contributed by atoms with Gasteiger partial charge in [-0.25, -0.2) is 9.80 Å². The van der Waals surface area contributed by atoms with Gasteiger partial charge in [-0.3, -0.25) is 28.8 Å². The smallest absolute Gasteiger partial charge is 0.266 e. The molecular weight excluding hydrogens is 889 g/mol. The lowest BCUT2D eigenvalue weighted by molar-refractivity contribution is 0.0910. The number of ketones is 2. The molecule has 8 aromatic rings. The molecule has 0 N–H and O–H groups in total.